The standard InChI is InChI=1S/C25H26F4N4O2/c1-3-33-14-19(16(2)30-33)13-31-8-10-32(11-9-31)25(34)18-6-4-17(5-7-18)15-35-24-22(28)20(26)12-21(27)23(24)29/h4-7,12,14H,3,8-11,13,15H2,1-2H3. The molecule has 0 bridgehead atoms. The predicted molar refractivity (Wildman–Crippen MR) is 121 cm³/mol. The molecule has 1 amide bonds. The normalized spacial score (nSPS) is 14.4. The first-order chi connectivity index (χ1) is 16.8. The Kier molecular flexibility index (Phi) is 7.39. The lowest BCUT2D eigenvalue weighted by Gasteiger charge is -2.34. The Bertz CT molecular complexity index is 1180. The summed E-state index contributed by atoms with van der Waals surface area (Å²) in [6, 6.07) is 6.45. The average molecular weight is 491 g/mol. The van der Waals surface area contributed by atoms with Crippen LogP contribution in [-0.4, -0.2) is 51.7 Å². The lowest BCUT2D eigenvalue weighted by atomic mass is 10.1. The van der Waals surface area contributed by atoms with E-state index in [4.69, 9.17) is 4.74 Å². The molecule has 186 valence electrons. The highest BCUT2D eigenvalue weighted by Gasteiger charge is 2.23. The molecule has 0 aliphatic carbocycles. The van der Waals surface area contributed by atoms with E-state index in [1.54, 1.807) is 29.2 Å². The molecule has 0 spiro atoms. The number of amides is 1. The highest BCUT2D eigenvalue weighted by Crippen LogP contribution is 2.27. The van der Waals surface area contributed by atoms with Crippen LogP contribution in [0.1, 0.15) is 34.1 Å². The Hall–Kier alpha value is -3.40. The number of nitrogens with zero attached hydrogens (tertiary/aromatic N) is 4. The van der Waals surface area contributed by atoms with Gasteiger partial charge in [-0.25, -0.2) is 8.78 Å². The Balaban J connectivity index is 1.31. The minimum Gasteiger partial charge on any atom is -0.483 e. The number of hydrogen-bond donors (Lipinski definition) is 0. The van der Waals surface area contributed by atoms with Crippen molar-refractivity contribution in [3.05, 3.63) is 82.2 Å². The van der Waals surface area contributed by atoms with Gasteiger partial charge in [0.05, 0.1) is 5.69 Å². The molecule has 1 aliphatic rings. The molecule has 6 nitrogen and oxygen atoms in total. The highest BCUT2D eigenvalue weighted by molar-refractivity contribution is 5.94. The van der Waals surface area contributed by atoms with Crippen molar-refractivity contribution in [3.63, 3.8) is 0 Å². The zero-order valence-electron chi connectivity index (χ0n) is 19.5. The molecule has 0 N–H and O–H groups in total. The predicted octanol–water partition coefficient (Wildman–Crippen LogP) is 4.30. The zero-order chi connectivity index (χ0) is 25.1. The second-order valence-corrected chi connectivity index (χ2v) is 8.45. The third-order valence-electron chi connectivity index (χ3n) is 6.08. The number of ether oxygens (including phenoxy) is 1. The summed E-state index contributed by atoms with van der Waals surface area (Å²) in [4.78, 5) is 17.0. The monoisotopic (exact) mass is 490 g/mol. The summed E-state index contributed by atoms with van der Waals surface area (Å²) in [5.74, 6) is -7.49. The number of hydrogen-bond acceptors (Lipinski definition) is 4. The fourth-order valence-corrected chi connectivity index (χ4v) is 3.99. The summed E-state index contributed by atoms with van der Waals surface area (Å²) in [6.07, 6.45) is 2.06. The van der Waals surface area contributed by atoms with Crippen LogP contribution in [0.4, 0.5) is 17.6 Å². The van der Waals surface area contributed by atoms with Crippen molar-refractivity contribution in [3.8, 4) is 5.75 Å². The summed E-state index contributed by atoms with van der Waals surface area (Å²) in [5.41, 5.74) is 3.15. The first-order valence-electron chi connectivity index (χ1n) is 11.4. The van der Waals surface area contributed by atoms with Crippen molar-refractivity contribution in [2.45, 2.75) is 33.5 Å². The van der Waals surface area contributed by atoms with Gasteiger partial charge in [-0.15, -0.1) is 0 Å². The molecule has 1 saturated heterocycles. The minimum atomic E-state index is -1.59. The van der Waals surface area contributed by atoms with Crippen LogP contribution >= 0.6 is 0 Å². The summed E-state index contributed by atoms with van der Waals surface area (Å²) in [5, 5.41) is 4.48. The number of benzene rings is 2. The minimum absolute atomic E-state index is 0.114. The molecule has 4 rings (SSSR count). The molecule has 1 aliphatic heterocycles. The zero-order valence-corrected chi connectivity index (χ0v) is 19.5. The van der Waals surface area contributed by atoms with Crippen LogP contribution in [0.25, 0.3) is 0 Å². The molecular weight excluding hydrogens is 464 g/mol. The maximum absolute atomic E-state index is 13.7. The molecule has 1 fully saturated rings. The number of aryl methyl sites for hydroxylation is 2. The van der Waals surface area contributed by atoms with E-state index in [2.05, 4.69) is 16.2 Å². The molecule has 0 unspecified atom stereocenters. The van der Waals surface area contributed by atoms with Gasteiger partial charge in [0, 0.05) is 62.7 Å². The number of carbonyl (C=O) groups is 1. The molecule has 2 aromatic carbocycles. The lowest BCUT2D eigenvalue weighted by Crippen LogP contribution is -2.48. The van der Waals surface area contributed by atoms with Crippen LogP contribution in [0.2, 0.25) is 0 Å². The van der Waals surface area contributed by atoms with Gasteiger partial charge >= 0.3 is 0 Å². The van der Waals surface area contributed by atoms with E-state index in [1.165, 1.54) is 5.56 Å². The quantitative estimate of drug-likeness (QED) is 0.366. The second kappa shape index (κ2) is 10.5. The fraction of sp³-hybridized carbons (Fsp3) is 0.360. The van der Waals surface area contributed by atoms with E-state index in [0.717, 1.165) is 31.9 Å². The van der Waals surface area contributed by atoms with Crippen molar-refractivity contribution in [1.82, 2.24) is 19.6 Å². The van der Waals surface area contributed by atoms with Crippen LogP contribution in [0, 0.1) is 30.2 Å². The summed E-state index contributed by atoms with van der Waals surface area (Å²) in [7, 11) is 0. The van der Waals surface area contributed by atoms with E-state index in [1.807, 2.05) is 18.5 Å². The molecule has 1 aromatic heterocycles. The SMILES string of the molecule is CCn1cc(CN2CCN(C(=O)c3ccc(COc4c(F)c(F)cc(F)c4F)cc3)CC2)c(C)n1. The van der Waals surface area contributed by atoms with E-state index in [-0.39, 0.29) is 18.6 Å². The first-order valence-corrected chi connectivity index (χ1v) is 11.4. The van der Waals surface area contributed by atoms with Crippen molar-refractivity contribution >= 4 is 5.91 Å². The molecule has 0 atom stereocenters. The van der Waals surface area contributed by atoms with Crippen LogP contribution in [0.15, 0.2) is 36.5 Å². The number of rotatable bonds is 7. The van der Waals surface area contributed by atoms with Gasteiger partial charge in [0.1, 0.15) is 6.61 Å². The van der Waals surface area contributed by atoms with Crippen molar-refractivity contribution in [2.75, 3.05) is 26.2 Å². The molecule has 2 heterocycles. The summed E-state index contributed by atoms with van der Waals surface area (Å²) in [6.45, 7) is 8.01. The third kappa shape index (κ3) is 5.48. The Labute approximate surface area is 200 Å². The smallest absolute Gasteiger partial charge is 0.253 e. The van der Waals surface area contributed by atoms with Gasteiger partial charge in [-0.3, -0.25) is 14.4 Å². The Morgan fingerprint density at radius 2 is 1.63 bits per heavy atom. The van der Waals surface area contributed by atoms with Crippen LogP contribution < -0.4 is 4.74 Å². The largest absolute Gasteiger partial charge is 0.483 e. The average Bonchev–Trinajstić information content (AvgIpc) is 3.22. The molecule has 0 saturated carbocycles. The molecule has 35 heavy (non-hydrogen) atoms. The lowest BCUT2D eigenvalue weighted by molar-refractivity contribution is 0.0628. The summed E-state index contributed by atoms with van der Waals surface area (Å²) < 4.78 is 61.0. The molecular formula is C25H26F4N4O2. The number of aromatic nitrogens is 2. The van der Waals surface area contributed by atoms with Gasteiger partial charge in [0.2, 0.25) is 11.6 Å². The second-order valence-electron chi connectivity index (χ2n) is 8.45. The van der Waals surface area contributed by atoms with Crippen molar-refractivity contribution < 1.29 is 27.1 Å². The first kappa shape index (κ1) is 24.7. The van der Waals surface area contributed by atoms with Gasteiger partial charge in [0.15, 0.2) is 17.4 Å². The maximum Gasteiger partial charge on any atom is 0.253 e. The van der Waals surface area contributed by atoms with Gasteiger partial charge in [-0.05, 0) is 31.5 Å². The van der Waals surface area contributed by atoms with Gasteiger partial charge in [-0.2, -0.15) is 13.9 Å². The number of halogens is 4. The molecule has 3 aromatic rings. The number of piperazine rings is 1. The van der Waals surface area contributed by atoms with Crippen LogP contribution in [0.3, 0.4) is 0 Å². The Morgan fingerprint density at radius 3 is 2.20 bits per heavy atom. The number of carbonyl (C=O) groups excluding carboxylic acids is 1. The Morgan fingerprint density at radius 1 is 1.00 bits per heavy atom. The van der Waals surface area contributed by atoms with E-state index >= 15 is 0 Å². The maximum atomic E-state index is 13.7. The molecule has 0 radical (unpaired) electrons. The van der Waals surface area contributed by atoms with Crippen LogP contribution in [-0.2, 0) is 19.7 Å². The van der Waals surface area contributed by atoms with E-state index in [9.17, 15) is 22.4 Å². The van der Waals surface area contributed by atoms with Crippen LogP contribution in [0.5, 0.6) is 5.75 Å². The van der Waals surface area contributed by atoms with Crippen molar-refractivity contribution in [2.24, 2.45) is 0 Å². The van der Waals surface area contributed by atoms with E-state index in [0.29, 0.717) is 24.2 Å². The summed E-state index contributed by atoms with van der Waals surface area (Å²) >= 11 is 0. The third-order valence-corrected chi connectivity index (χ3v) is 6.08. The highest BCUT2D eigenvalue weighted by atomic mass is 19.2. The van der Waals surface area contributed by atoms with E-state index < -0.39 is 29.0 Å². The fourth-order valence-electron chi connectivity index (χ4n) is 3.99. The van der Waals surface area contributed by atoms with Gasteiger partial charge < -0.3 is 9.64 Å². The van der Waals surface area contributed by atoms with Crippen molar-refractivity contribution in [1.29, 1.82) is 0 Å². The topological polar surface area (TPSA) is 50.6 Å². The van der Waals surface area contributed by atoms with Gasteiger partial charge in [0.25, 0.3) is 5.91 Å². The van der Waals surface area contributed by atoms with Gasteiger partial charge in [-0.1, -0.05) is 12.1 Å². The molecule has 10 heteroatoms.